The molecule has 0 aliphatic rings. The lowest BCUT2D eigenvalue weighted by Gasteiger charge is -2.18. The Labute approximate surface area is 113 Å². The topological polar surface area (TPSA) is 55.9 Å². The summed E-state index contributed by atoms with van der Waals surface area (Å²) >= 11 is 3.35. The van der Waals surface area contributed by atoms with Crippen molar-refractivity contribution in [3.05, 3.63) is 52.3 Å². The predicted molar refractivity (Wildman–Crippen MR) is 71.2 cm³/mol. The number of halogens is 2. The fourth-order valence-electron chi connectivity index (χ4n) is 1.89. The maximum atomic E-state index is 13.1. The summed E-state index contributed by atoms with van der Waals surface area (Å²) in [7, 11) is 0. The number of benzene rings is 1. The van der Waals surface area contributed by atoms with Crippen molar-refractivity contribution in [2.24, 2.45) is 5.84 Å². The summed E-state index contributed by atoms with van der Waals surface area (Å²) in [5.74, 6) is 6.12. The Morgan fingerprint density at radius 1 is 1.56 bits per heavy atom. The first-order valence-corrected chi connectivity index (χ1v) is 6.38. The summed E-state index contributed by atoms with van der Waals surface area (Å²) < 4.78 is 15.7. The third-order valence-electron chi connectivity index (χ3n) is 2.79. The van der Waals surface area contributed by atoms with Crippen LogP contribution in [0.5, 0.6) is 0 Å². The van der Waals surface area contributed by atoms with Gasteiger partial charge in [0.25, 0.3) is 0 Å². The van der Waals surface area contributed by atoms with Crippen molar-refractivity contribution >= 4 is 15.9 Å². The molecule has 0 aliphatic carbocycles. The molecule has 0 radical (unpaired) electrons. The van der Waals surface area contributed by atoms with Crippen LogP contribution < -0.4 is 11.3 Å². The second-order valence-electron chi connectivity index (χ2n) is 3.84. The molecular formula is C12H14BrFN4. The summed E-state index contributed by atoms with van der Waals surface area (Å²) in [6.07, 6.45) is 3.61. The van der Waals surface area contributed by atoms with Gasteiger partial charge in [-0.2, -0.15) is 0 Å². The van der Waals surface area contributed by atoms with Crippen molar-refractivity contribution in [3.63, 3.8) is 0 Å². The largest absolute Gasteiger partial charge is 0.334 e. The molecule has 0 saturated heterocycles. The summed E-state index contributed by atoms with van der Waals surface area (Å²) in [5, 5.41) is 0. The van der Waals surface area contributed by atoms with Crippen LogP contribution in [0.2, 0.25) is 0 Å². The van der Waals surface area contributed by atoms with Gasteiger partial charge in [0.05, 0.1) is 0 Å². The first-order chi connectivity index (χ1) is 8.67. The average Bonchev–Trinajstić information content (AvgIpc) is 2.81. The molecule has 0 saturated carbocycles. The number of aryl methyl sites for hydroxylation is 1. The Bertz CT molecular complexity index is 541. The van der Waals surface area contributed by atoms with E-state index >= 15 is 0 Å². The second-order valence-corrected chi connectivity index (χ2v) is 4.69. The van der Waals surface area contributed by atoms with E-state index in [1.807, 2.05) is 17.7 Å². The lowest BCUT2D eigenvalue weighted by Crippen LogP contribution is -2.31. The Kier molecular flexibility index (Phi) is 4.11. The van der Waals surface area contributed by atoms with Gasteiger partial charge < -0.3 is 4.57 Å². The molecule has 1 aromatic heterocycles. The Morgan fingerprint density at radius 2 is 2.33 bits per heavy atom. The Morgan fingerprint density at radius 3 is 2.94 bits per heavy atom. The molecule has 0 fully saturated rings. The van der Waals surface area contributed by atoms with Gasteiger partial charge in [0.1, 0.15) is 17.7 Å². The summed E-state index contributed by atoms with van der Waals surface area (Å²) in [5.41, 5.74) is 3.57. The molecule has 96 valence electrons. The number of nitrogens with zero attached hydrogens (tertiary/aromatic N) is 2. The minimum atomic E-state index is -0.291. The number of hydrazine groups is 1. The third kappa shape index (κ3) is 2.45. The number of nitrogens with two attached hydrogens (primary N) is 1. The van der Waals surface area contributed by atoms with E-state index in [1.165, 1.54) is 12.1 Å². The fourth-order valence-corrected chi connectivity index (χ4v) is 2.47. The number of hydrogen-bond acceptors (Lipinski definition) is 3. The summed E-state index contributed by atoms with van der Waals surface area (Å²) in [4.78, 5) is 4.30. The van der Waals surface area contributed by atoms with E-state index in [0.29, 0.717) is 4.47 Å². The molecule has 1 heterocycles. The van der Waals surface area contributed by atoms with E-state index < -0.39 is 0 Å². The Balaban J connectivity index is 2.45. The van der Waals surface area contributed by atoms with Crippen LogP contribution in [0.1, 0.15) is 24.4 Å². The number of nitrogens with one attached hydrogen (secondary N) is 1. The van der Waals surface area contributed by atoms with E-state index in [9.17, 15) is 4.39 Å². The van der Waals surface area contributed by atoms with Gasteiger partial charge in [0.2, 0.25) is 0 Å². The molecule has 0 amide bonds. The molecule has 0 bridgehead atoms. The van der Waals surface area contributed by atoms with Gasteiger partial charge in [-0.1, -0.05) is 22.0 Å². The van der Waals surface area contributed by atoms with Crippen LogP contribution in [0.3, 0.4) is 0 Å². The number of rotatable bonds is 4. The van der Waals surface area contributed by atoms with Gasteiger partial charge in [-0.25, -0.2) is 14.8 Å². The van der Waals surface area contributed by atoms with Crippen LogP contribution >= 0.6 is 15.9 Å². The minimum absolute atomic E-state index is 0.282. The number of aromatic nitrogens is 2. The van der Waals surface area contributed by atoms with Crippen molar-refractivity contribution < 1.29 is 4.39 Å². The van der Waals surface area contributed by atoms with Crippen molar-refractivity contribution in [2.45, 2.75) is 19.5 Å². The maximum absolute atomic E-state index is 13.1. The molecule has 2 aromatic rings. The molecule has 0 aliphatic heterocycles. The van der Waals surface area contributed by atoms with Crippen molar-refractivity contribution in [3.8, 4) is 0 Å². The fraction of sp³-hybridized carbons (Fsp3) is 0.250. The van der Waals surface area contributed by atoms with Crippen LogP contribution in [0.4, 0.5) is 4.39 Å². The molecule has 18 heavy (non-hydrogen) atoms. The molecule has 1 unspecified atom stereocenters. The van der Waals surface area contributed by atoms with Gasteiger partial charge >= 0.3 is 0 Å². The molecule has 1 atom stereocenters. The molecule has 6 heteroatoms. The second kappa shape index (κ2) is 5.60. The SMILES string of the molecule is CCn1ccnc1C(NN)c1ccc(F)cc1Br. The van der Waals surface area contributed by atoms with E-state index in [0.717, 1.165) is 17.9 Å². The van der Waals surface area contributed by atoms with Crippen molar-refractivity contribution in [1.29, 1.82) is 0 Å². The lowest BCUT2D eigenvalue weighted by atomic mass is 10.1. The average molecular weight is 313 g/mol. The van der Waals surface area contributed by atoms with Gasteiger partial charge in [0.15, 0.2) is 0 Å². The zero-order valence-electron chi connectivity index (χ0n) is 9.90. The van der Waals surface area contributed by atoms with Gasteiger partial charge in [0, 0.05) is 23.4 Å². The number of imidazole rings is 1. The highest BCUT2D eigenvalue weighted by Gasteiger charge is 2.19. The number of hydrogen-bond donors (Lipinski definition) is 2. The summed E-state index contributed by atoms with van der Waals surface area (Å²) in [6, 6.07) is 4.23. The molecule has 2 rings (SSSR count). The van der Waals surface area contributed by atoms with E-state index in [2.05, 4.69) is 26.3 Å². The Hall–Kier alpha value is -1.24. The van der Waals surface area contributed by atoms with Crippen LogP contribution in [0.15, 0.2) is 35.1 Å². The predicted octanol–water partition coefficient (Wildman–Crippen LogP) is 2.36. The first kappa shape index (κ1) is 13.2. The third-order valence-corrected chi connectivity index (χ3v) is 3.47. The van der Waals surface area contributed by atoms with Crippen molar-refractivity contribution in [1.82, 2.24) is 15.0 Å². The minimum Gasteiger partial charge on any atom is -0.334 e. The summed E-state index contributed by atoms with van der Waals surface area (Å²) in [6.45, 7) is 2.82. The highest BCUT2D eigenvalue weighted by atomic mass is 79.9. The van der Waals surface area contributed by atoms with Gasteiger partial charge in [-0.15, -0.1) is 0 Å². The zero-order valence-corrected chi connectivity index (χ0v) is 11.5. The molecule has 0 spiro atoms. The van der Waals surface area contributed by atoms with Crippen molar-refractivity contribution in [2.75, 3.05) is 0 Å². The van der Waals surface area contributed by atoms with E-state index in [4.69, 9.17) is 5.84 Å². The highest BCUT2D eigenvalue weighted by Crippen LogP contribution is 2.28. The monoisotopic (exact) mass is 312 g/mol. The molecule has 1 aromatic carbocycles. The van der Waals surface area contributed by atoms with E-state index in [-0.39, 0.29) is 11.9 Å². The van der Waals surface area contributed by atoms with Gasteiger partial charge in [-0.05, 0) is 24.6 Å². The molecule has 3 N–H and O–H groups in total. The molecule has 4 nitrogen and oxygen atoms in total. The molecular weight excluding hydrogens is 299 g/mol. The van der Waals surface area contributed by atoms with Crippen LogP contribution in [-0.2, 0) is 6.54 Å². The standard InChI is InChI=1S/C12H14BrFN4/c1-2-18-6-5-16-12(18)11(17-15)9-4-3-8(14)7-10(9)13/h3-7,11,17H,2,15H2,1H3. The smallest absolute Gasteiger partial charge is 0.131 e. The maximum Gasteiger partial charge on any atom is 0.131 e. The van der Waals surface area contributed by atoms with Gasteiger partial charge in [-0.3, -0.25) is 5.84 Å². The van der Waals surface area contributed by atoms with E-state index in [1.54, 1.807) is 12.3 Å². The normalized spacial score (nSPS) is 12.7. The lowest BCUT2D eigenvalue weighted by molar-refractivity contribution is 0.556. The van der Waals surface area contributed by atoms with Crippen LogP contribution in [0.25, 0.3) is 0 Å². The van der Waals surface area contributed by atoms with Crippen LogP contribution in [0, 0.1) is 5.82 Å². The quantitative estimate of drug-likeness (QED) is 0.673. The highest BCUT2D eigenvalue weighted by molar-refractivity contribution is 9.10. The zero-order chi connectivity index (χ0) is 13.1. The van der Waals surface area contributed by atoms with Crippen LogP contribution in [-0.4, -0.2) is 9.55 Å². The first-order valence-electron chi connectivity index (χ1n) is 5.59.